The molecule has 0 amide bonds. The molecule has 1 rings (SSSR count). The van der Waals surface area contributed by atoms with E-state index in [1.165, 1.54) is 0 Å². The highest BCUT2D eigenvalue weighted by molar-refractivity contribution is 5.66. The summed E-state index contributed by atoms with van der Waals surface area (Å²) in [5, 5.41) is 12.1. The molecule has 16 heavy (non-hydrogen) atoms. The smallest absolute Gasteiger partial charge is 0.305 e. The number of ether oxygens (including phenoxy) is 1. The lowest BCUT2D eigenvalue weighted by Gasteiger charge is -2.46. The summed E-state index contributed by atoms with van der Waals surface area (Å²) in [5.74, 6) is -0.799. The van der Waals surface area contributed by atoms with Gasteiger partial charge in [0.25, 0.3) is 0 Å². The number of hydrogen-bond acceptors (Lipinski definition) is 3. The molecule has 1 aliphatic heterocycles. The fourth-order valence-electron chi connectivity index (χ4n) is 2.66. The molecule has 0 saturated carbocycles. The minimum absolute atomic E-state index is 0.0512. The highest BCUT2D eigenvalue weighted by atomic mass is 16.5. The van der Waals surface area contributed by atoms with Crippen molar-refractivity contribution in [3.8, 4) is 0 Å². The number of carbonyl (C=O) groups is 1. The van der Waals surface area contributed by atoms with E-state index in [1.54, 1.807) is 0 Å². The number of aliphatic carboxylic acids is 1. The van der Waals surface area contributed by atoms with Gasteiger partial charge in [-0.3, -0.25) is 4.79 Å². The molecule has 0 unspecified atom stereocenters. The molecule has 0 atom stereocenters. The van der Waals surface area contributed by atoms with Crippen LogP contribution in [-0.2, 0) is 9.53 Å². The molecular weight excluding hydrogens is 206 g/mol. The normalized spacial score (nSPS) is 24.2. The number of rotatable bonds is 4. The van der Waals surface area contributed by atoms with Gasteiger partial charge in [-0.25, -0.2) is 0 Å². The molecule has 0 aromatic carbocycles. The van der Waals surface area contributed by atoms with Gasteiger partial charge in [-0.15, -0.1) is 0 Å². The summed E-state index contributed by atoms with van der Waals surface area (Å²) in [4.78, 5) is 10.4. The highest BCUT2D eigenvalue weighted by Gasteiger charge is 2.37. The zero-order chi connectivity index (χ0) is 12.4. The number of carboxylic acid groups (broad SMARTS) is 1. The second-order valence-corrected chi connectivity index (χ2v) is 5.94. The molecule has 1 aliphatic rings. The van der Waals surface area contributed by atoms with Gasteiger partial charge in [0.2, 0.25) is 0 Å². The minimum atomic E-state index is -0.799. The van der Waals surface area contributed by atoms with Crippen LogP contribution in [0.3, 0.4) is 0 Å². The van der Waals surface area contributed by atoms with Crippen molar-refractivity contribution < 1.29 is 14.6 Å². The van der Waals surface area contributed by atoms with E-state index in [4.69, 9.17) is 9.84 Å². The lowest BCUT2D eigenvalue weighted by atomic mass is 9.81. The van der Waals surface area contributed by atoms with Gasteiger partial charge in [0.1, 0.15) is 0 Å². The van der Waals surface area contributed by atoms with Crippen LogP contribution < -0.4 is 5.32 Å². The lowest BCUT2D eigenvalue weighted by molar-refractivity contribution is -0.139. The van der Waals surface area contributed by atoms with E-state index in [2.05, 4.69) is 33.0 Å². The zero-order valence-corrected chi connectivity index (χ0v) is 10.7. The molecular formula is C12H23NO3. The van der Waals surface area contributed by atoms with Crippen molar-refractivity contribution >= 4 is 5.97 Å². The second-order valence-electron chi connectivity index (χ2n) is 5.94. The van der Waals surface area contributed by atoms with Crippen LogP contribution in [0.15, 0.2) is 0 Å². The molecule has 1 fully saturated rings. The Morgan fingerprint density at radius 1 is 1.31 bits per heavy atom. The third-order valence-corrected chi connectivity index (χ3v) is 2.82. The highest BCUT2D eigenvalue weighted by Crippen LogP contribution is 2.30. The van der Waals surface area contributed by atoms with Crippen molar-refractivity contribution in [2.24, 2.45) is 0 Å². The average Bonchev–Trinajstić information content (AvgIpc) is 1.96. The van der Waals surface area contributed by atoms with E-state index in [9.17, 15) is 4.79 Å². The summed E-state index contributed by atoms with van der Waals surface area (Å²) < 4.78 is 5.64. The van der Waals surface area contributed by atoms with Crippen LogP contribution in [0, 0.1) is 0 Å². The van der Waals surface area contributed by atoms with Crippen molar-refractivity contribution in [3.63, 3.8) is 0 Å². The van der Waals surface area contributed by atoms with Gasteiger partial charge in [0.15, 0.2) is 0 Å². The van der Waals surface area contributed by atoms with Gasteiger partial charge in [0, 0.05) is 11.1 Å². The van der Waals surface area contributed by atoms with Gasteiger partial charge in [-0.2, -0.15) is 0 Å². The topological polar surface area (TPSA) is 58.6 Å². The molecule has 0 aliphatic carbocycles. The van der Waals surface area contributed by atoms with E-state index in [-0.39, 0.29) is 23.6 Å². The van der Waals surface area contributed by atoms with E-state index in [0.717, 1.165) is 12.8 Å². The molecule has 94 valence electrons. The first kappa shape index (κ1) is 13.5. The van der Waals surface area contributed by atoms with Crippen LogP contribution in [0.2, 0.25) is 0 Å². The first-order chi connectivity index (χ1) is 7.20. The second kappa shape index (κ2) is 4.72. The summed E-state index contributed by atoms with van der Waals surface area (Å²) in [7, 11) is 0. The molecule has 1 heterocycles. The Balaban J connectivity index is 2.45. The predicted octanol–water partition coefficient (Wildman–Crippen LogP) is 1.79. The van der Waals surface area contributed by atoms with Gasteiger partial charge in [-0.05, 0) is 40.5 Å². The maximum atomic E-state index is 10.4. The quantitative estimate of drug-likeness (QED) is 0.771. The van der Waals surface area contributed by atoms with Gasteiger partial charge in [-0.1, -0.05) is 0 Å². The first-order valence-electron chi connectivity index (χ1n) is 5.83. The van der Waals surface area contributed by atoms with Crippen LogP contribution >= 0.6 is 0 Å². The molecule has 0 spiro atoms. The molecule has 0 bridgehead atoms. The van der Waals surface area contributed by atoms with Crippen LogP contribution in [0.25, 0.3) is 0 Å². The van der Waals surface area contributed by atoms with E-state index in [0.29, 0.717) is 6.61 Å². The molecule has 1 saturated heterocycles. The van der Waals surface area contributed by atoms with Crippen molar-refractivity contribution in [2.45, 2.75) is 64.1 Å². The Labute approximate surface area is 97.4 Å². The molecule has 0 radical (unpaired) electrons. The Bertz CT molecular complexity index is 245. The Hall–Kier alpha value is -0.610. The Kier molecular flexibility index (Phi) is 3.97. The van der Waals surface area contributed by atoms with Crippen molar-refractivity contribution in [1.29, 1.82) is 0 Å². The number of nitrogens with one attached hydrogen (secondary N) is 1. The molecule has 4 nitrogen and oxygen atoms in total. The number of piperidine rings is 1. The third kappa shape index (κ3) is 4.49. The largest absolute Gasteiger partial charge is 0.481 e. The average molecular weight is 229 g/mol. The van der Waals surface area contributed by atoms with E-state index < -0.39 is 5.97 Å². The summed E-state index contributed by atoms with van der Waals surface area (Å²) >= 11 is 0. The van der Waals surface area contributed by atoms with Gasteiger partial charge >= 0.3 is 5.97 Å². The molecule has 0 aromatic rings. The summed E-state index contributed by atoms with van der Waals surface area (Å²) in [6.45, 7) is 8.93. The zero-order valence-electron chi connectivity index (χ0n) is 10.7. The SMILES string of the molecule is CC1(C)CC(OCCC(=O)O)CC(C)(C)N1. The van der Waals surface area contributed by atoms with Crippen molar-refractivity contribution in [2.75, 3.05) is 6.61 Å². The van der Waals surface area contributed by atoms with Crippen LogP contribution in [-0.4, -0.2) is 34.9 Å². The summed E-state index contributed by atoms with van der Waals surface area (Å²) in [6, 6.07) is 0. The lowest BCUT2D eigenvalue weighted by Crippen LogP contribution is -2.59. The summed E-state index contributed by atoms with van der Waals surface area (Å²) in [5.41, 5.74) is 0.102. The van der Waals surface area contributed by atoms with Gasteiger partial charge < -0.3 is 15.2 Å². The third-order valence-electron chi connectivity index (χ3n) is 2.82. The number of carboxylic acids is 1. The molecule has 0 aromatic heterocycles. The fourth-order valence-corrected chi connectivity index (χ4v) is 2.66. The van der Waals surface area contributed by atoms with Crippen LogP contribution in [0.4, 0.5) is 0 Å². The monoisotopic (exact) mass is 229 g/mol. The maximum absolute atomic E-state index is 10.4. The van der Waals surface area contributed by atoms with Crippen LogP contribution in [0.1, 0.15) is 47.0 Å². The maximum Gasteiger partial charge on any atom is 0.305 e. The van der Waals surface area contributed by atoms with Crippen LogP contribution in [0.5, 0.6) is 0 Å². The van der Waals surface area contributed by atoms with Crippen molar-refractivity contribution in [1.82, 2.24) is 5.32 Å². The standard InChI is InChI=1S/C12H23NO3/c1-11(2)7-9(8-12(3,4)13-11)16-6-5-10(14)15/h9,13H,5-8H2,1-4H3,(H,14,15). The number of hydrogen-bond donors (Lipinski definition) is 2. The van der Waals surface area contributed by atoms with E-state index >= 15 is 0 Å². The molecule has 4 heteroatoms. The first-order valence-corrected chi connectivity index (χ1v) is 5.83. The van der Waals surface area contributed by atoms with E-state index in [1.807, 2.05) is 0 Å². The predicted molar refractivity (Wildman–Crippen MR) is 62.5 cm³/mol. The molecule has 2 N–H and O–H groups in total. The Morgan fingerprint density at radius 3 is 2.25 bits per heavy atom. The fraction of sp³-hybridized carbons (Fsp3) is 0.917. The minimum Gasteiger partial charge on any atom is -0.481 e. The van der Waals surface area contributed by atoms with Gasteiger partial charge in [0.05, 0.1) is 19.1 Å². The van der Waals surface area contributed by atoms with Crippen molar-refractivity contribution in [3.05, 3.63) is 0 Å². The summed E-state index contributed by atoms with van der Waals surface area (Å²) in [6.07, 6.45) is 2.10. The Morgan fingerprint density at radius 2 is 1.81 bits per heavy atom.